The molecule has 0 aliphatic carbocycles. The van der Waals surface area contributed by atoms with E-state index >= 15 is 0 Å². The highest BCUT2D eigenvalue weighted by Crippen LogP contribution is 2.25. The van der Waals surface area contributed by atoms with Gasteiger partial charge in [-0.05, 0) is 25.7 Å². The standard InChI is InChI=1S/C13H21NOS/c1-4-5-6-7-10-15-12-8-9-14-13(16-3)11(12)2/h8-9H,4-7,10H2,1-3H3. The largest absolute Gasteiger partial charge is 0.493 e. The molecule has 0 fully saturated rings. The maximum absolute atomic E-state index is 5.77. The van der Waals surface area contributed by atoms with Crippen molar-refractivity contribution in [1.82, 2.24) is 4.98 Å². The third-order valence-corrected chi connectivity index (χ3v) is 3.36. The number of hydrogen-bond donors (Lipinski definition) is 0. The van der Waals surface area contributed by atoms with Crippen molar-refractivity contribution in [3.05, 3.63) is 17.8 Å². The van der Waals surface area contributed by atoms with Gasteiger partial charge in [-0.25, -0.2) is 4.98 Å². The van der Waals surface area contributed by atoms with Gasteiger partial charge >= 0.3 is 0 Å². The topological polar surface area (TPSA) is 22.1 Å². The quantitative estimate of drug-likeness (QED) is 0.529. The average molecular weight is 239 g/mol. The average Bonchev–Trinajstić information content (AvgIpc) is 2.31. The van der Waals surface area contributed by atoms with Gasteiger partial charge in [-0.1, -0.05) is 26.2 Å². The first kappa shape index (κ1) is 13.4. The predicted molar refractivity (Wildman–Crippen MR) is 70.4 cm³/mol. The van der Waals surface area contributed by atoms with Crippen LogP contribution < -0.4 is 4.74 Å². The first-order chi connectivity index (χ1) is 7.79. The van der Waals surface area contributed by atoms with Gasteiger partial charge in [-0.3, -0.25) is 0 Å². The lowest BCUT2D eigenvalue weighted by atomic mass is 10.2. The van der Waals surface area contributed by atoms with Gasteiger partial charge in [0.25, 0.3) is 0 Å². The van der Waals surface area contributed by atoms with Gasteiger partial charge in [0.2, 0.25) is 0 Å². The van der Waals surface area contributed by atoms with Gasteiger partial charge in [0.1, 0.15) is 10.8 Å². The summed E-state index contributed by atoms with van der Waals surface area (Å²) in [6, 6.07) is 1.95. The molecule has 1 aromatic heterocycles. The lowest BCUT2D eigenvalue weighted by molar-refractivity contribution is 0.301. The van der Waals surface area contributed by atoms with Crippen LogP contribution in [-0.4, -0.2) is 17.8 Å². The maximum atomic E-state index is 5.77. The van der Waals surface area contributed by atoms with E-state index in [2.05, 4.69) is 18.8 Å². The predicted octanol–water partition coefficient (Wildman–Crippen LogP) is 4.07. The molecule has 0 N–H and O–H groups in total. The minimum atomic E-state index is 0.818. The molecule has 0 spiro atoms. The van der Waals surface area contributed by atoms with Crippen LogP contribution in [0, 0.1) is 6.92 Å². The summed E-state index contributed by atoms with van der Waals surface area (Å²) in [5.41, 5.74) is 1.16. The molecule has 0 saturated carbocycles. The van der Waals surface area contributed by atoms with E-state index in [4.69, 9.17) is 4.74 Å². The van der Waals surface area contributed by atoms with E-state index in [0.717, 1.165) is 29.4 Å². The summed E-state index contributed by atoms with van der Waals surface area (Å²) >= 11 is 1.67. The third-order valence-electron chi connectivity index (χ3n) is 2.56. The molecule has 0 aromatic carbocycles. The van der Waals surface area contributed by atoms with Gasteiger partial charge in [-0.15, -0.1) is 11.8 Å². The Hall–Kier alpha value is -0.700. The second-order valence-electron chi connectivity index (χ2n) is 3.85. The van der Waals surface area contributed by atoms with Crippen LogP contribution in [0.5, 0.6) is 5.75 Å². The lowest BCUT2D eigenvalue weighted by Crippen LogP contribution is -2.00. The van der Waals surface area contributed by atoms with Crippen LogP contribution in [0.15, 0.2) is 17.3 Å². The number of pyridine rings is 1. The number of hydrogen-bond acceptors (Lipinski definition) is 3. The van der Waals surface area contributed by atoms with E-state index < -0.39 is 0 Å². The molecule has 90 valence electrons. The zero-order valence-corrected chi connectivity index (χ0v) is 11.3. The molecule has 1 heterocycles. The van der Waals surface area contributed by atoms with Crippen LogP contribution in [0.25, 0.3) is 0 Å². The van der Waals surface area contributed by atoms with Gasteiger partial charge in [-0.2, -0.15) is 0 Å². The molecule has 2 nitrogen and oxygen atoms in total. The zero-order chi connectivity index (χ0) is 11.8. The Morgan fingerprint density at radius 1 is 1.31 bits per heavy atom. The summed E-state index contributed by atoms with van der Waals surface area (Å²) in [5, 5.41) is 1.06. The molecule has 1 aromatic rings. The van der Waals surface area contributed by atoms with Crippen molar-refractivity contribution < 1.29 is 4.74 Å². The minimum Gasteiger partial charge on any atom is -0.493 e. The number of aromatic nitrogens is 1. The van der Waals surface area contributed by atoms with Crippen molar-refractivity contribution in [3.63, 3.8) is 0 Å². The maximum Gasteiger partial charge on any atom is 0.126 e. The molecule has 0 aliphatic heterocycles. The SMILES string of the molecule is CCCCCCOc1ccnc(SC)c1C. The Morgan fingerprint density at radius 2 is 2.12 bits per heavy atom. The van der Waals surface area contributed by atoms with E-state index in [1.54, 1.807) is 11.8 Å². The fourth-order valence-corrected chi connectivity index (χ4v) is 2.15. The normalized spacial score (nSPS) is 10.4. The Morgan fingerprint density at radius 3 is 2.81 bits per heavy atom. The van der Waals surface area contributed by atoms with Crippen molar-refractivity contribution in [2.45, 2.75) is 44.6 Å². The Bertz CT molecular complexity index is 315. The second kappa shape index (κ2) is 7.55. The van der Waals surface area contributed by atoms with Crippen molar-refractivity contribution in [2.24, 2.45) is 0 Å². The highest BCUT2D eigenvalue weighted by atomic mass is 32.2. The smallest absolute Gasteiger partial charge is 0.126 e. The molecular weight excluding hydrogens is 218 g/mol. The molecule has 0 bridgehead atoms. The van der Waals surface area contributed by atoms with Gasteiger partial charge < -0.3 is 4.74 Å². The summed E-state index contributed by atoms with van der Waals surface area (Å²) in [7, 11) is 0. The van der Waals surface area contributed by atoms with E-state index in [0.29, 0.717) is 0 Å². The Balaban J connectivity index is 2.41. The highest BCUT2D eigenvalue weighted by Gasteiger charge is 2.04. The number of nitrogens with zero attached hydrogens (tertiary/aromatic N) is 1. The molecule has 0 atom stereocenters. The van der Waals surface area contributed by atoms with E-state index in [1.165, 1.54) is 19.3 Å². The summed E-state index contributed by atoms with van der Waals surface area (Å²) < 4.78 is 5.77. The number of rotatable bonds is 7. The molecule has 0 saturated heterocycles. The van der Waals surface area contributed by atoms with Crippen molar-refractivity contribution in [1.29, 1.82) is 0 Å². The van der Waals surface area contributed by atoms with Crippen LogP contribution >= 0.6 is 11.8 Å². The van der Waals surface area contributed by atoms with Crippen LogP contribution in [0.2, 0.25) is 0 Å². The van der Waals surface area contributed by atoms with E-state index in [9.17, 15) is 0 Å². The third kappa shape index (κ3) is 4.05. The van der Waals surface area contributed by atoms with Gasteiger partial charge in [0.15, 0.2) is 0 Å². The van der Waals surface area contributed by atoms with Crippen molar-refractivity contribution in [2.75, 3.05) is 12.9 Å². The summed E-state index contributed by atoms with van der Waals surface area (Å²) in [6.07, 6.45) is 8.83. The molecular formula is C13H21NOS. The van der Waals surface area contributed by atoms with Crippen LogP contribution in [0.1, 0.15) is 38.2 Å². The van der Waals surface area contributed by atoms with Crippen molar-refractivity contribution in [3.8, 4) is 5.75 Å². The highest BCUT2D eigenvalue weighted by molar-refractivity contribution is 7.98. The van der Waals surface area contributed by atoms with Crippen LogP contribution in [0.3, 0.4) is 0 Å². The number of ether oxygens (including phenoxy) is 1. The van der Waals surface area contributed by atoms with Crippen LogP contribution in [0.4, 0.5) is 0 Å². The van der Waals surface area contributed by atoms with Crippen molar-refractivity contribution >= 4 is 11.8 Å². The minimum absolute atomic E-state index is 0.818. The first-order valence-electron chi connectivity index (χ1n) is 5.92. The molecule has 0 aliphatic rings. The fraction of sp³-hybridized carbons (Fsp3) is 0.615. The van der Waals surface area contributed by atoms with Gasteiger partial charge in [0.05, 0.1) is 6.61 Å². The second-order valence-corrected chi connectivity index (χ2v) is 4.65. The first-order valence-corrected chi connectivity index (χ1v) is 7.14. The lowest BCUT2D eigenvalue weighted by Gasteiger charge is -2.10. The number of unbranched alkanes of at least 4 members (excludes halogenated alkanes) is 3. The van der Waals surface area contributed by atoms with Crippen LogP contribution in [-0.2, 0) is 0 Å². The van der Waals surface area contributed by atoms with Gasteiger partial charge in [0, 0.05) is 11.8 Å². The summed E-state index contributed by atoms with van der Waals surface area (Å²) in [5.74, 6) is 0.982. The molecule has 0 radical (unpaired) electrons. The molecule has 16 heavy (non-hydrogen) atoms. The van der Waals surface area contributed by atoms with E-state index in [1.807, 2.05) is 18.5 Å². The zero-order valence-electron chi connectivity index (χ0n) is 10.5. The number of thioether (sulfide) groups is 1. The molecule has 3 heteroatoms. The summed E-state index contributed by atoms with van der Waals surface area (Å²) in [6.45, 7) is 5.11. The molecule has 1 rings (SSSR count). The molecule has 0 amide bonds. The monoisotopic (exact) mass is 239 g/mol. The van der Waals surface area contributed by atoms with E-state index in [-0.39, 0.29) is 0 Å². The summed E-state index contributed by atoms with van der Waals surface area (Å²) in [4.78, 5) is 4.30. The fourth-order valence-electron chi connectivity index (χ4n) is 1.57. The Labute approximate surface area is 103 Å². The Kier molecular flexibility index (Phi) is 6.31. The molecule has 0 unspecified atom stereocenters.